The highest BCUT2D eigenvalue weighted by Gasteiger charge is 2.15. The summed E-state index contributed by atoms with van der Waals surface area (Å²) in [5.41, 5.74) is 1.60. The lowest BCUT2D eigenvalue weighted by molar-refractivity contribution is 0.0599. The van der Waals surface area contributed by atoms with Crippen molar-refractivity contribution in [1.82, 2.24) is 10.1 Å². The summed E-state index contributed by atoms with van der Waals surface area (Å²) in [5.74, 6) is 0.179. The summed E-state index contributed by atoms with van der Waals surface area (Å²) in [6.07, 6.45) is 0. The van der Waals surface area contributed by atoms with Gasteiger partial charge in [-0.05, 0) is 30.3 Å². The van der Waals surface area contributed by atoms with Crippen LogP contribution in [0.5, 0.6) is 5.75 Å². The first-order chi connectivity index (χ1) is 14.0. The number of carbonyl (C=O) groups excluding carboxylic acids is 2. The molecule has 2 aromatic carbocycles. The summed E-state index contributed by atoms with van der Waals surface area (Å²) >= 11 is 0. The van der Waals surface area contributed by atoms with Crippen molar-refractivity contribution in [3.8, 4) is 17.1 Å². The number of esters is 2. The van der Waals surface area contributed by atoms with E-state index in [-0.39, 0.29) is 17.7 Å². The maximum absolute atomic E-state index is 11.9. The van der Waals surface area contributed by atoms with Crippen LogP contribution in [0.15, 0.2) is 47.0 Å². The number of nitrogens with zero attached hydrogens (tertiary/aromatic N) is 2. The van der Waals surface area contributed by atoms with Gasteiger partial charge in [-0.3, -0.25) is 0 Å². The lowest BCUT2D eigenvalue weighted by atomic mass is 10.1. The number of ether oxygens (including phenoxy) is 3. The van der Waals surface area contributed by atoms with Gasteiger partial charge in [0.05, 0.1) is 44.6 Å². The molecule has 0 atom stereocenters. The third-order valence-electron chi connectivity index (χ3n) is 4.03. The molecule has 3 rings (SSSR count). The average molecular weight is 397 g/mol. The quantitative estimate of drug-likeness (QED) is 0.601. The number of nitrogens with one attached hydrogen (secondary N) is 1. The highest BCUT2D eigenvalue weighted by molar-refractivity contribution is 5.96. The Balaban J connectivity index is 1.80. The van der Waals surface area contributed by atoms with Gasteiger partial charge in [0.25, 0.3) is 0 Å². The first-order valence-corrected chi connectivity index (χ1v) is 8.57. The van der Waals surface area contributed by atoms with Crippen LogP contribution in [0, 0.1) is 0 Å². The first kappa shape index (κ1) is 19.9. The molecule has 1 heterocycles. The Hall–Kier alpha value is -3.88. The van der Waals surface area contributed by atoms with Gasteiger partial charge < -0.3 is 24.1 Å². The van der Waals surface area contributed by atoms with Gasteiger partial charge in [0.1, 0.15) is 5.75 Å². The molecule has 29 heavy (non-hydrogen) atoms. The molecule has 0 aliphatic rings. The van der Waals surface area contributed by atoms with Crippen LogP contribution in [-0.2, 0) is 16.0 Å². The van der Waals surface area contributed by atoms with Gasteiger partial charge in [-0.15, -0.1) is 0 Å². The molecular formula is C20H19N3O6. The van der Waals surface area contributed by atoms with Crippen molar-refractivity contribution in [2.75, 3.05) is 26.6 Å². The van der Waals surface area contributed by atoms with Crippen molar-refractivity contribution in [2.24, 2.45) is 0 Å². The van der Waals surface area contributed by atoms with Gasteiger partial charge in [-0.25, -0.2) is 9.59 Å². The number of para-hydroxylation sites is 1. The second-order valence-electron chi connectivity index (χ2n) is 5.85. The summed E-state index contributed by atoms with van der Waals surface area (Å²) in [6.45, 7) is 0.174. The molecule has 0 saturated heterocycles. The van der Waals surface area contributed by atoms with Gasteiger partial charge in [0.15, 0.2) is 0 Å². The Kier molecular flexibility index (Phi) is 6.08. The number of hydrogen-bond donors (Lipinski definition) is 1. The van der Waals surface area contributed by atoms with Crippen LogP contribution in [-0.4, -0.2) is 43.4 Å². The number of anilines is 1. The van der Waals surface area contributed by atoms with Crippen molar-refractivity contribution in [2.45, 2.75) is 6.54 Å². The average Bonchev–Trinajstić information content (AvgIpc) is 3.25. The summed E-state index contributed by atoms with van der Waals surface area (Å²) in [4.78, 5) is 28.1. The molecule has 0 bridgehead atoms. The second-order valence-corrected chi connectivity index (χ2v) is 5.85. The van der Waals surface area contributed by atoms with Crippen molar-refractivity contribution < 1.29 is 28.3 Å². The van der Waals surface area contributed by atoms with Gasteiger partial charge >= 0.3 is 11.9 Å². The largest absolute Gasteiger partial charge is 0.496 e. The minimum absolute atomic E-state index is 0.174. The minimum Gasteiger partial charge on any atom is -0.496 e. The van der Waals surface area contributed by atoms with E-state index in [2.05, 4.69) is 15.5 Å². The van der Waals surface area contributed by atoms with Crippen LogP contribution < -0.4 is 10.1 Å². The summed E-state index contributed by atoms with van der Waals surface area (Å²) < 4.78 is 20.0. The topological polar surface area (TPSA) is 113 Å². The molecule has 9 heteroatoms. The molecule has 0 spiro atoms. The fourth-order valence-corrected chi connectivity index (χ4v) is 2.64. The summed E-state index contributed by atoms with van der Waals surface area (Å²) in [7, 11) is 4.09. The fourth-order valence-electron chi connectivity index (χ4n) is 2.64. The van der Waals surface area contributed by atoms with E-state index in [4.69, 9.17) is 18.7 Å². The zero-order chi connectivity index (χ0) is 20.8. The van der Waals surface area contributed by atoms with Gasteiger partial charge in [-0.1, -0.05) is 17.3 Å². The summed E-state index contributed by atoms with van der Waals surface area (Å²) in [6, 6.07) is 11.8. The predicted molar refractivity (Wildman–Crippen MR) is 103 cm³/mol. The van der Waals surface area contributed by atoms with Crippen LogP contribution in [0.25, 0.3) is 11.4 Å². The van der Waals surface area contributed by atoms with Gasteiger partial charge in [-0.2, -0.15) is 4.98 Å². The van der Waals surface area contributed by atoms with Crippen LogP contribution in [0.2, 0.25) is 0 Å². The van der Waals surface area contributed by atoms with E-state index in [1.807, 2.05) is 18.2 Å². The highest BCUT2D eigenvalue weighted by atomic mass is 16.5. The van der Waals surface area contributed by atoms with E-state index in [0.717, 1.165) is 0 Å². The zero-order valence-corrected chi connectivity index (χ0v) is 16.1. The second kappa shape index (κ2) is 8.87. The number of rotatable bonds is 7. The number of methoxy groups -OCH3 is 3. The first-order valence-electron chi connectivity index (χ1n) is 8.57. The van der Waals surface area contributed by atoms with Crippen LogP contribution in [0.3, 0.4) is 0 Å². The van der Waals surface area contributed by atoms with Crippen LogP contribution in [0.1, 0.15) is 26.6 Å². The predicted octanol–water partition coefficient (Wildman–Crippen LogP) is 2.93. The lowest BCUT2D eigenvalue weighted by Crippen LogP contribution is -2.09. The molecule has 0 unspecified atom stereocenters. The van der Waals surface area contributed by atoms with Crippen molar-refractivity contribution >= 4 is 17.6 Å². The Labute approximate surface area is 166 Å². The maximum Gasteiger partial charge on any atom is 0.337 e. The Bertz CT molecular complexity index is 996. The third kappa shape index (κ3) is 4.52. The molecule has 1 N–H and O–H groups in total. The lowest BCUT2D eigenvalue weighted by Gasteiger charge is -2.09. The molecule has 0 saturated carbocycles. The maximum atomic E-state index is 11.9. The highest BCUT2D eigenvalue weighted by Crippen LogP contribution is 2.27. The molecule has 0 fully saturated rings. The molecule has 0 amide bonds. The van der Waals surface area contributed by atoms with Crippen LogP contribution >= 0.6 is 0 Å². The Morgan fingerprint density at radius 2 is 1.66 bits per heavy atom. The standard InChI is InChI=1S/C20H19N3O6/c1-26-16-7-5-4-6-15(16)18-22-17(29-23-18)11-21-14-9-12(19(24)27-2)8-13(10-14)20(25)28-3/h4-10,21H,11H2,1-3H3. The number of benzene rings is 2. The van der Waals surface area contributed by atoms with E-state index in [9.17, 15) is 9.59 Å². The van der Waals surface area contributed by atoms with E-state index in [1.54, 1.807) is 25.3 Å². The van der Waals surface area contributed by atoms with E-state index in [0.29, 0.717) is 28.7 Å². The Morgan fingerprint density at radius 3 is 2.28 bits per heavy atom. The fraction of sp³-hybridized carbons (Fsp3) is 0.200. The molecule has 0 aliphatic heterocycles. The minimum atomic E-state index is -0.574. The van der Waals surface area contributed by atoms with E-state index < -0.39 is 11.9 Å². The SMILES string of the molecule is COC(=O)c1cc(NCc2nc(-c3ccccc3OC)no2)cc(C(=O)OC)c1. The molecule has 9 nitrogen and oxygen atoms in total. The molecule has 0 aliphatic carbocycles. The molecular weight excluding hydrogens is 378 g/mol. The zero-order valence-electron chi connectivity index (χ0n) is 16.1. The number of hydrogen-bond acceptors (Lipinski definition) is 9. The summed E-state index contributed by atoms with van der Waals surface area (Å²) in [5, 5.41) is 7.02. The van der Waals surface area contributed by atoms with Crippen LogP contribution in [0.4, 0.5) is 5.69 Å². The van der Waals surface area contributed by atoms with E-state index >= 15 is 0 Å². The number of aromatic nitrogens is 2. The monoisotopic (exact) mass is 397 g/mol. The molecule has 0 radical (unpaired) electrons. The van der Waals surface area contributed by atoms with E-state index in [1.165, 1.54) is 20.3 Å². The van der Waals surface area contributed by atoms with Crippen molar-refractivity contribution in [3.05, 3.63) is 59.5 Å². The van der Waals surface area contributed by atoms with Gasteiger partial charge in [0, 0.05) is 5.69 Å². The normalized spacial score (nSPS) is 10.3. The van der Waals surface area contributed by atoms with Gasteiger partial charge in [0.2, 0.25) is 11.7 Å². The number of carbonyl (C=O) groups is 2. The third-order valence-corrected chi connectivity index (χ3v) is 4.03. The smallest absolute Gasteiger partial charge is 0.337 e. The Morgan fingerprint density at radius 1 is 1.00 bits per heavy atom. The van der Waals surface area contributed by atoms with Crippen molar-refractivity contribution in [1.29, 1.82) is 0 Å². The molecule has 150 valence electrons. The van der Waals surface area contributed by atoms with Crippen molar-refractivity contribution in [3.63, 3.8) is 0 Å². The molecule has 3 aromatic rings. The molecule has 1 aromatic heterocycles.